The van der Waals surface area contributed by atoms with Gasteiger partial charge in [-0.25, -0.2) is 0 Å². The molecule has 2 aromatic carbocycles. The number of allylic oxidation sites excluding steroid dienone is 3. The van der Waals surface area contributed by atoms with Crippen molar-refractivity contribution in [3.05, 3.63) is 108 Å². The Morgan fingerprint density at radius 2 is 1.57 bits per heavy atom. The molecule has 148 valence electrons. The molecule has 6 nitrogen and oxygen atoms in total. The number of fused-ring (bicyclic) bond motifs is 1. The van der Waals surface area contributed by atoms with Crippen molar-refractivity contribution in [1.82, 2.24) is 0 Å². The van der Waals surface area contributed by atoms with Crippen molar-refractivity contribution in [2.45, 2.75) is 0 Å². The maximum Gasteiger partial charge on any atom is 0.248 e. The Morgan fingerprint density at radius 1 is 0.833 bits per heavy atom. The van der Waals surface area contributed by atoms with Crippen LogP contribution in [0.3, 0.4) is 0 Å². The van der Waals surface area contributed by atoms with E-state index in [1.165, 1.54) is 0 Å². The lowest BCUT2D eigenvalue weighted by molar-refractivity contribution is 0.100. The summed E-state index contributed by atoms with van der Waals surface area (Å²) in [5, 5.41) is 1.02. The Morgan fingerprint density at radius 3 is 2.33 bits per heavy atom. The molecule has 0 saturated heterocycles. The van der Waals surface area contributed by atoms with Gasteiger partial charge in [0, 0.05) is 53.8 Å². The van der Waals surface area contributed by atoms with Crippen LogP contribution in [0.2, 0.25) is 0 Å². The molecule has 0 spiro atoms. The number of aliphatic imine (C=N–C) groups is 3. The topological polar surface area (TPSA) is 93.3 Å². The van der Waals surface area contributed by atoms with Crippen molar-refractivity contribution in [2.24, 2.45) is 20.7 Å². The van der Waals surface area contributed by atoms with E-state index in [1.54, 1.807) is 73.8 Å². The number of hydrogen-bond acceptors (Lipinski definition) is 5. The third kappa shape index (κ3) is 6.10. The van der Waals surface area contributed by atoms with E-state index < -0.39 is 0 Å². The first kappa shape index (κ1) is 20.4. The zero-order valence-corrected chi connectivity index (χ0v) is 16.1. The van der Waals surface area contributed by atoms with Gasteiger partial charge < -0.3 is 10.2 Å². The van der Waals surface area contributed by atoms with Gasteiger partial charge in [0.15, 0.2) is 0 Å². The third-order valence-electron chi connectivity index (χ3n) is 3.92. The van der Waals surface area contributed by atoms with Crippen molar-refractivity contribution in [3.63, 3.8) is 0 Å². The number of primary amides is 1. The summed E-state index contributed by atoms with van der Waals surface area (Å²) >= 11 is 0. The molecule has 2 heterocycles. The number of amides is 1. The SMILES string of the molecule is C1=CN=CC=CN=Cc2ccc3occ(c3c2)C=NC=C1.NC(=O)c1ccccc1. The quantitative estimate of drug-likeness (QED) is 0.646. The predicted octanol–water partition coefficient (Wildman–Crippen LogP) is 4.68. The van der Waals surface area contributed by atoms with Gasteiger partial charge in [0.1, 0.15) is 11.8 Å². The summed E-state index contributed by atoms with van der Waals surface area (Å²) in [6.45, 7) is 0. The minimum atomic E-state index is -0.379. The fourth-order valence-corrected chi connectivity index (χ4v) is 2.49. The molecule has 1 aliphatic rings. The number of benzene rings is 2. The lowest BCUT2D eigenvalue weighted by Gasteiger charge is -1.93. The first-order chi connectivity index (χ1) is 14.7. The van der Waals surface area contributed by atoms with Gasteiger partial charge >= 0.3 is 0 Å². The van der Waals surface area contributed by atoms with Gasteiger partial charge in [-0.2, -0.15) is 0 Å². The molecule has 0 aliphatic carbocycles. The van der Waals surface area contributed by atoms with Crippen molar-refractivity contribution in [3.8, 4) is 0 Å². The van der Waals surface area contributed by atoms with E-state index in [1.807, 2.05) is 36.4 Å². The maximum absolute atomic E-state index is 10.4. The van der Waals surface area contributed by atoms with E-state index >= 15 is 0 Å². The van der Waals surface area contributed by atoms with Gasteiger partial charge in [0.2, 0.25) is 5.91 Å². The molecule has 0 saturated carbocycles. The van der Waals surface area contributed by atoms with Crippen LogP contribution in [0, 0.1) is 0 Å². The Bertz CT molecular complexity index is 1170. The average Bonchev–Trinajstić information content (AvgIpc) is 3.17. The first-order valence-corrected chi connectivity index (χ1v) is 9.16. The molecule has 3 aromatic rings. The zero-order valence-electron chi connectivity index (χ0n) is 16.1. The molecule has 1 aromatic heterocycles. The Labute approximate surface area is 174 Å². The van der Waals surface area contributed by atoms with Crippen LogP contribution < -0.4 is 5.73 Å². The third-order valence-corrected chi connectivity index (χ3v) is 3.92. The van der Waals surface area contributed by atoms with Gasteiger partial charge in [-0.05, 0) is 54.1 Å². The van der Waals surface area contributed by atoms with E-state index in [0.29, 0.717) is 5.56 Å². The van der Waals surface area contributed by atoms with E-state index in [2.05, 4.69) is 15.0 Å². The molecule has 0 atom stereocenters. The maximum atomic E-state index is 10.4. The minimum absolute atomic E-state index is 0.379. The number of carbonyl (C=O) groups is 1. The van der Waals surface area contributed by atoms with Crippen LogP contribution in [0.1, 0.15) is 21.5 Å². The number of furan rings is 1. The van der Waals surface area contributed by atoms with Crippen LogP contribution in [-0.4, -0.2) is 24.6 Å². The van der Waals surface area contributed by atoms with E-state index in [0.717, 1.165) is 22.1 Å². The molecule has 30 heavy (non-hydrogen) atoms. The van der Waals surface area contributed by atoms with Crippen LogP contribution in [0.5, 0.6) is 0 Å². The number of nitrogens with two attached hydrogens (primary N) is 1. The highest BCUT2D eigenvalue weighted by molar-refractivity contribution is 6.00. The fraction of sp³-hybridized carbons (Fsp3) is 0. The van der Waals surface area contributed by atoms with Crippen LogP contribution in [0.25, 0.3) is 11.0 Å². The lowest BCUT2D eigenvalue weighted by atomic mass is 10.1. The number of carbonyl (C=O) groups excluding carboxylic acids is 1. The summed E-state index contributed by atoms with van der Waals surface area (Å²) in [5.74, 6) is -0.379. The van der Waals surface area contributed by atoms with E-state index in [9.17, 15) is 4.79 Å². The highest BCUT2D eigenvalue weighted by Gasteiger charge is 2.04. The highest BCUT2D eigenvalue weighted by Crippen LogP contribution is 2.21. The predicted molar refractivity (Wildman–Crippen MR) is 122 cm³/mol. The average molecular weight is 396 g/mol. The monoisotopic (exact) mass is 396 g/mol. The Hall–Kier alpha value is -4.32. The lowest BCUT2D eigenvalue weighted by Crippen LogP contribution is -2.09. The summed E-state index contributed by atoms with van der Waals surface area (Å²) < 4.78 is 5.51. The number of rotatable bonds is 1. The van der Waals surface area contributed by atoms with Gasteiger partial charge in [-0.1, -0.05) is 18.2 Å². The minimum Gasteiger partial charge on any atom is -0.464 e. The molecular weight excluding hydrogens is 376 g/mol. The summed E-state index contributed by atoms with van der Waals surface area (Å²) in [6, 6.07) is 14.7. The molecular formula is C24H20N4O2. The number of hydrogen-bond donors (Lipinski definition) is 1. The molecule has 0 unspecified atom stereocenters. The van der Waals surface area contributed by atoms with Crippen LogP contribution >= 0.6 is 0 Å². The van der Waals surface area contributed by atoms with Crippen LogP contribution in [0.4, 0.5) is 0 Å². The molecule has 2 bridgehead atoms. The van der Waals surface area contributed by atoms with Crippen molar-refractivity contribution >= 4 is 35.5 Å². The van der Waals surface area contributed by atoms with Gasteiger partial charge in [-0.15, -0.1) is 0 Å². The van der Waals surface area contributed by atoms with E-state index in [-0.39, 0.29) is 5.91 Å². The Balaban J connectivity index is 0.000000239. The Kier molecular flexibility index (Phi) is 7.40. The molecule has 1 aliphatic heterocycles. The normalized spacial score (nSPS) is 12.8. The smallest absolute Gasteiger partial charge is 0.248 e. The second-order valence-electron chi connectivity index (χ2n) is 6.06. The van der Waals surface area contributed by atoms with Gasteiger partial charge in [-0.3, -0.25) is 19.8 Å². The highest BCUT2D eigenvalue weighted by atomic mass is 16.3. The summed E-state index contributed by atoms with van der Waals surface area (Å²) in [4.78, 5) is 22.9. The van der Waals surface area contributed by atoms with Crippen LogP contribution in [0.15, 0.2) is 111 Å². The van der Waals surface area contributed by atoms with Crippen molar-refractivity contribution < 1.29 is 9.21 Å². The van der Waals surface area contributed by atoms with Gasteiger partial charge in [0.25, 0.3) is 0 Å². The molecule has 2 N–H and O–H groups in total. The van der Waals surface area contributed by atoms with E-state index in [4.69, 9.17) is 10.2 Å². The molecule has 4 rings (SSSR count). The largest absolute Gasteiger partial charge is 0.464 e. The summed E-state index contributed by atoms with van der Waals surface area (Å²) in [5.41, 5.74) is 8.30. The zero-order chi connectivity index (χ0) is 21.0. The van der Waals surface area contributed by atoms with Crippen molar-refractivity contribution in [2.75, 3.05) is 0 Å². The molecule has 0 radical (unpaired) electrons. The van der Waals surface area contributed by atoms with Gasteiger partial charge in [0.05, 0.1) is 0 Å². The second-order valence-corrected chi connectivity index (χ2v) is 6.06. The molecule has 1 amide bonds. The van der Waals surface area contributed by atoms with Crippen molar-refractivity contribution in [1.29, 1.82) is 0 Å². The summed E-state index contributed by atoms with van der Waals surface area (Å²) in [6.07, 6.45) is 17.4. The first-order valence-electron chi connectivity index (χ1n) is 9.16. The summed E-state index contributed by atoms with van der Waals surface area (Å²) in [7, 11) is 0. The molecule has 0 fully saturated rings. The molecule has 6 heteroatoms. The second kappa shape index (κ2) is 10.9. The van der Waals surface area contributed by atoms with Crippen LogP contribution in [-0.2, 0) is 0 Å². The number of nitrogens with zero attached hydrogens (tertiary/aromatic N) is 3. The fourth-order valence-electron chi connectivity index (χ4n) is 2.49. The standard InChI is InChI=1S/C17H13N3O.C7H7NO/c1-2-7-20-12-15-13-21-17-5-4-14(10-16(15)17)11-19-9-3-8-18-6-1;8-7(9)6-4-2-1-3-5-6/h1-13H;1-5H,(H2,8,9).